The van der Waals surface area contributed by atoms with Crippen molar-refractivity contribution in [1.29, 1.82) is 0 Å². The summed E-state index contributed by atoms with van der Waals surface area (Å²) in [6, 6.07) is 8.59. The predicted octanol–water partition coefficient (Wildman–Crippen LogP) is 6.85. The van der Waals surface area contributed by atoms with Crippen molar-refractivity contribution in [3.8, 4) is 0 Å². The maximum absolute atomic E-state index is 13.3. The van der Waals surface area contributed by atoms with E-state index >= 15 is 0 Å². The van der Waals surface area contributed by atoms with Gasteiger partial charge in [-0.3, -0.25) is 14.4 Å². The van der Waals surface area contributed by atoms with Crippen LogP contribution in [0.2, 0.25) is 0 Å². The van der Waals surface area contributed by atoms with Gasteiger partial charge in [0.25, 0.3) is 0 Å². The summed E-state index contributed by atoms with van der Waals surface area (Å²) in [6.07, 6.45) is 6.67. The number of ether oxygens (including phenoxy) is 1. The number of benzene rings is 1. The number of esters is 1. The SMILES string of the molecule is CC(=O)O[C@]1(C(C)=O)CC[C@H]2[C@@H]3C[C@H](C)[C@@]4(c5c(C)[nH]c6ccccc56)CC(=O)CC[C@]4(C)[C@H]3CC[C@@]21C. The second-order valence-electron chi connectivity index (χ2n) is 13.8. The molecule has 4 aliphatic rings. The summed E-state index contributed by atoms with van der Waals surface area (Å²) in [5.74, 6) is 1.62. The van der Waals surface area contributed by atoms with Crippen LogP contribution in [0.3, 0.4) is 0 Å². The number of aromatic amines is 1. The van der Waals surface area contributed by atoms with E-state index in [-0.39, 0.29) is 28.0 Å². The van der Waals surface area contributed by atoms with E-state index in [1.54, 1.807) is 6.92 Å². The molecule has 1 aromatic carbocycles. The van der Waals surface area contributed by atoms with Crippen LogP contribution in [-0.4, -0.2) is 28.1 Å². The number of aromatic nitrogens is 1. The lowest BCUT2D eigenvalue weighted by atomic mass is 9.36. The van der Waals surface area contributed by atoms with Crippen LogP contribution in [0.5, 0.6) is 0 Å². The standard InChI is InChI=1S/C33H43NO4/c1-19-17-25-26(12-15-31(6)27(25)13-16-33(31,21(3)35)38-22(4)36)30(5)14-11-23(37)18-32(19,30)29-20(2)34-28-10-8-7-9-24(28)29/h7-10,19,25-27,34H,11-18H2,1-6H3/t19-,25+,26-,27-,30+,31-,32+,33-/m0/s1. The van der Waals surface area contributed by atoms with Crippen LogP contribution < -0.4 is 0 Å². The van der Waals surface area contributed by atoms with Crippen LogP contribution in [0, 0.1) is 41.4 Å². The van der Waals surface area contributed by atoms with Crippen molar-refractivity contribution in [2.24, 2.45) is 34.5 Å². The fourth-order valence-electron chi connectivity index (χ4n) is 11.0. The molecule has 8 atom stereocenters. The molecule has 1 aromatic heterocycles. The summed E-state index contributed by atoms with van der Waals surface area (Å²) >= 11 is 0. The number of para-hydroxylation sites is 1. The molecule has 6 rings (SSSR count). The van der Waals surface area contributed by atoms with Crippen molar-refractivity contribution in [3.63, 3.8) is 0 Å². The van der Waals surface area contributed by atoms with E-state index < -0.39 is 5.60 Å². The molecule has 4 fully saturated rings. The van der Waals surface area contributed by atoms with Gasteiger partial charge in [-0.05, 0) is 93.1 Å². The van der Waals surface area contributed by atoms with Crippen LogP contribution in [0.25, 0.3) is 10.9 Å². The average Bonchev–Trinajstić information content (AvgIpc) is 3.34. The largest absolute Gasteiger partial charge is 0.451 e. The van der Waals surface area contributed by atoms with Gasteiger partial charge in [0, 0.05) is 47.2 Å². The first-order valence-electron chi connectivity index (χ1n) is 14.7. The summed E-state index contributed by atoms with van der Waals surface area (Å²) in [5, 5.41) is 1.27. The molecule has 204 valence electrons. The van der Waals surface area contributed by atoms with Gasteiger partial charge in [-0.25, -0.2) is 0 Å². The summed E-state index contributed by atoms with van der Waals surface area (Å²) in [7, 11) is 0. The van der Waals surface area contributed by atoms with Gasteiger partial charge in [0.05, 0.1) is 0 Å². The summed E-state index contributed by atoms with van der Waals surface area (Å²) < 4.78 is 5.99. The maximum Gasteiger partial charge on any atom is 0.303 e. The number of nitrogens with one attached hydrogen (secondary N) is 1. The van der Waals surface area contributed by atoms with Gasteiger partial charge in [0.1, 0.15) is 5.78 Å². The molecule has 0 bridgehead atoms. The number of carbonyl (C=O) groups is 3. The highest BCUT2D eigenvalue weighted by Gasteiger charge is 2.71. The Labute approximate surface area is 226 Å². The van der Waals surface area contributed by atoms with Crippen molar-refractivity contribution in [2.45, 2.75) is 104 Å². The van der Waals surface area contributed by atoms with Crippen molar-refractivity contribution in [3.05, 3.63) is 35.5 Å². The Morgan fingerprint density at radius 3 is 2.39 bits per heavy atom. The highest BCUT2D eigenvalue weighted by molar-refractivity contribution is 5.90. The van der Waals surface area contributed by atoms with Gasteiger partial charge >= 0.3 is 5.97 Å². The van der Waals surface area contributed by atoms with Gasteiger partial charge in [-0.15, -0.1) is 0 Å². The maximum atomic E-state index is 13.3. The second-order valence-corrected chi connectivity index (χ2v) is 13.8. The Balaban J connectivity index is 1.49. The van der Waals surface area contributed by atoms with Crippen molar-refractivity contribution < 1.29 is 19.1 Å². The monoisotopic (exact) mass is 517 g/mol. The van der Waals surface area contributed by atoms with E-state index in [0.717, 1.165) is 37.6 Å². The minimum Gasteiger partial charge on any atom is -0.451 e. The van der Waals surface area contributed by atoms with Crippen LogP contribution >= 0.6 is 0 Å². The van der Waals surface area contributed by atoms with Gasteiger partial charge in [-0.1, -0.05) is 39.0 Å². The van der Waals surface area contributed by atoms with Crippen molar-refractivity contribution in [2.75, 3.05) is 0 Å². The zero-order valence-electron chi connectivity index (χ0n) is 23.9. The minimum atomic E-state index is -1.01. The Morgan fingerprint density at radius 1 is 1.00 bits per heavy atom. The Hall–Kier alpha value is -2.43. The van der Waals surface area contributed by atoms with E-state index in [9.17, 15) is 14.4 Å². The Bertz CT molecular complexity index is 1340. The van der Waals surface area contributed by atoms with Gasteiger partial charge in [-0.2, -0.15) is 0 Å². The molecule has 0 spiro atoms. The third kappa shape index (κ3) is 3.02. The molecule has 0 amide bonds. The lowest BCUT2D eigenvalue weighted by molar-refractivity contribution is -0.197. The van der Waals surface area contributed by atoms with E-state index in [4.69, 9.17) is 4.74 Å². The molecule has 4 saturated carbocycles. The van der Waals surface area contributed by atoms with Crippen LogP contribution in [-0.2, 0) is 24.5 Å². The molecule has 2 aromatic rings. The molecule has 38 heavy (non-hydrogen) atoms. The number of carbonyl (C=O) groups excluding carboxylic acids is 3. The summed E-state index contributed by atoms with van der Waals surface area (Å²) in [4.78, 5) is 42.4. The normalized spacial score (nSPS) is 42.3. The highest BCUT2D eigenvalue weighted by Crippen LogP contribution is 2.73. The molecule has 1 N–H and O–H groups in total. The van der Waals surface area contributed by atoms with E-state index in [2.05, 4.69) is 56.9 Å². The lowest BCUT2D eigenvalue weighted by Crippen LogP contribution is -2.65. The quantitative estimate of drug-likeness (QED) is 0.452. The molecule has 4 aliphatic carbocycles. The second kappa shape index (κ2) is 8.29. The minimum absolute atomic E-state index is 0.00162. The number of ketones is 2. The molecule has 5 nitrogen and oxygen atoms in total. The first-order chi connectivity index (χ1) is 17.9. The number of fused-ring (bicyclic) bond motifs is 6. The molecular formula is C33H43NO4. The lowest BCUT2D eigenvalue weighted by Gasteiger charge is -2.67. The smallest absolute Gasteiger partial charge is 0.303 e. The van der Waals surface area contributed by atoms with E-state index in [1.165, 1.54) is 23.6 Å². The Morgan fingerprint density at radius 2 is 1.68 bits per heavy atom. The third-order valence-corrected chi connectivity index (χ3v) is 12.5. The Kier molecular flexibility index (Phi) is 5.63. The summed E-state index contributed by atoms with van der Waals surface area (Å²) in [5.41, 5.74) is 2.13. The number of Topliss-reactive ketones (excluding diaryl/α,β-unsaturated/α-hetero) is 2. The van der Waals surface area contributed by atoms with Crippen LogP contribution in [0.4, 0.5) is 0 Å². The van der Waals surface area contributed by atoms with E-state index in [0.29, 0.717) is 48.7 Å². The molecule has 5 heteroatoms. The molecule has 0 aliphatic heterocycles. The fourth-order valence-corrected chi connectivity index (χ4v) is 11.0. The average molecular weight is 518 g/mol. The molecule has 0 unspecified atom stereocenters. The fraction of sp³-hybridized carbons (Fsp3) is 0.667. The molecular weight excluding hydrogens is 474 g/mol. The predicted molar refractivity (Wildman–Crippen MR) is 148 cm³/mol. The first kappa shape index (κ1) is 25.8. The number of rotatable bonds is 3. The van der Waals surface area contributed by atoms with Crippen molar-refractivity contribution >= 4 is 28.4 Å². The third-order valence-electron chi connectivity index (χ3n) is 12.5. The summed E-state index contributed by atoms with van der Waals surface area (Å²) in [6.45, 7) is 12.4. The van der Waals surface area contributed by atoms with Gasteiger partial charge < -0.3 is 9.72 Å². The first-order valence-corrected chi connectivity index (χ1v) is 14.7. The highest BCUT2D eigenvalue weighted by atomic mass is 16.6. The number of H-pyrrole nitrogens is 1. The van der Waals surface area contributed by atoms with Crippen molar-refractivity contribution in [1.82, 2.24) is 4.98 Å². The molecule has 0 saturated heterocycles. The number of hydrogen-bond donors (Lipinski definition) is 1. The number of aryl methyl sites for hydroxylation is 1. The zero-order valence-corrected chi connectivity index (χ0v) is 23.9. The van der Waals surface area contributed by atoms with Crippen LogP contribution in [0.1, 0.15) is 97.2 Å². The molecule has 0 radical (unpaired) electrons. The zero-order chi connectivity index (χ0) is 27.3. The van der Waals surface area contributed by atoms with Gasteiger partial charge in [0.2, 0.25) is 0 Å². The molecule has 1 heterocycles. The topological polar surface area (TPSA) is 76.2 Å². The number of hydrogen-bond acceptors (Lipinski definition) is 4. The van der Waals surface area contributed by atoms with Crippen LogP contribution in [0.15, 0.2) is 24.3 Å². The van der Waals surface area contributed by atoms with E-state index in [1.807, 2.05) is 0 Å². The van der Waals surface area contributed by atoms with Gasteiger partial charge in [0.15, 0.2) is 11.4 Å².